The summed E-state index contributed by atoms with van der Waals surface area (Å²) < 4.78 is 11.1. The number of amides is 2. The van der Waals surface area contributed by atoms with E-state index in [1.165, 1.54) is 7.11 Å². The molecule has 10 heteroatoms. The Morgan fingerprint density at radius 3 is 2.35 bits per heavy atom. The van der Waals surface area contributed by atoms with Crippen LogP contribution in [-0.2, 0) is 14.9 Å². The molecule has 0 unspecified atom stereocenters. The van der Waals surface area contributed by atoms with Crippen molar-refractivity contribution in [2.45, 2.75) is 45.1 Å². The normalized spacial score (nSPS) is 14.9. The highest BCUT2D eigenvalue weighted by molar-refractivity contribution is 6.48. The number of pyridine rings is 1. The van der Waals surface area contributed by atoms with Crippen LogP contribution in [0.25, 0.3) is 10.8 Å². The zero-order valence-electron chi connectivity index (χ0n) is 26.6. The number of nitrogens with zero attached hydrogens (tertiary/aromatic N) is 2. The predicted octanol–water partition coefficient (Wildman–Crippen LogP) is 5.83. The number of ether oxygens (including phenoxy) is 2. The molecule has 0 atom stereocenters. The predicted molar refractivity (Wildman–Crippen MR) is 180 cm³/mol. The number of morpholine rings is 1. The maximum Gasteiger partial charge on any atom is 0.296 e. The van der Waals surface area contributed by atoms with Crippen LogP contribution in [0, 0.1) is 0 Å². The van der Waals surface area contributed by atoms with Crippen LogP contribution in [0.3, 0.4) is 0 Å². The van der Waals surface area contributed by atoms with E-state index in [-0.39, 0.29) is 34.4 Å². The van der Waals surface area contributed by atoms with Crippen LogP contribution in [0.2, 0.25) is 0 Å². The lowest BCUT2D eigenvalue weighted by molar-refractivity contribution is -0.112. The molecule has 2 fully saturated rings. The molecule has 3 N–H and O–H groups in total. The molecule has 1 aromatic heterocycles. The average molecular weight is 622 g/mol. The van der Waals surface area contributed by atoms with Crippen molar-refractivity contribution in [2.24, 2.45) is 0 Å². The van der Waals surface area contributed by atoms with Gasteiger partial charge in [-0.15, -0.1) is 0 Å². The van der Waals surface area contributed by atoms with E-state index in [0.717, 1.165) is 54.1 Å². The molecule has 46 heavy (non-hydrogen) atoms. The Bertz CT molecular complexity index is 1800. The van der Waals surface area contributed by atoms with Crippen LogP contribution in [0.15, 0.2) is 66.9 Å². The molecule has 0 radical (unpaired) electrons. The van der Waals surface area contributed by atoms with E-state index in [9.17, 15) is 14.4 Å². The molecular weight excluding hydrogens is 582 g/mol. The minimum atomic E-state index is -0.826. The highest BCUT2D eigenvalue weighted by atomic mass is 16.5. The lowest BCUT2D eigenvalue weighted by Gasteiger charge is -2.28. The fourth-order valence-electron chi connectivity index (χ4n) is 5.56. The lowest BCUT2D eigenvalue weighted by atomic mass is 9.85. The minimum Gasteiger partial charge on any atom is -0.494 e. The number of carbonyl (C=O) groups is 3. The molecule has 238 valence electrons. The summed E-state index contributed by atoms with van der Waals surface area (Å²) in [6.45, 7) is 8.94. The Balaban J connectivity index is 1.28. The fraction of sp³-hybridized carbons (Fsp3) is 0.333. The summed E-state index contributed by atoms with van der Waals surface area (Å²) in [5, 5.41) is 10.7. The number of nitrogens with one attached hydrogen (secondary N) is 3. The molecule has 0 spiro atoms. The van der Waals surface area contributed by atoms with E-state index in [4.69, 9.17) is 9.47 Å². The summed E-state index contributed by atoms with van der Waals surface area (Å²) in [6.07, 6.45) is 3.64. The van der Waals surface area contributed by atoms with E-state index in [0.29, 0.717) is 24.2 Å². The molecule has 1 aliphatic heterocycles. The zero-order chi connectivity index (χ0) is 32.4. The van der Waals surface area contributed by atoms with Gasteiger partial charge < -0.3 is 30.3 Å². The second-order valence-corrected chi connectivity index (χ2v) is 12.7. The van der Waals surface area contributed by atoms with Crippen molar-refractivity contribution < 1.29 is 23.9 Å². The molecule has 2 heterocycles. The minimum absolute atomic E-state index is 0.145. The second-order valence-electron chi connectivity index (χ2n) is 12.7. The number of anilines is 4. The number of fused-ring (bicyclic) bond motifs is 1. The maximum absolute atomic E-state index is 13.7. The number of carbonyl (C=O) groups excluding carboxylic acids is 3. The Hall–Kier alpha value is -4.96. The van der Waals surface area contributed by atoms with Crippen LogP contribution < -0.4 is 25.6 Å². The van der Waals surface area contributed by atoms with Gasteiger partial charge in [-0.2, -0.15) is 0 Å². The van der Waals surface area contributed by atoms with Crippen molar-refractivity contribution in [1.82, 2.24) is 10.3 Å². The molecule has 4 aromatic rings. The van der Waals surface area contributed by atoms with Gasteiger partial charge in [-0.05, 0) is 59.5 Å². The molecule has 6 rings (SSSR count). The third kappa shape index (κ3) is 6.67. The van der Waals surface area contributed by atoms with Crippen molar-refractivity contribution in [2.75, 3.05) is 48.9 Å². The first-order valence-corrected chi connectivity index (χ1v) is 15.6. The summed E-state index contributed by atoms with van der Waals surface area (Å²) in [6, 6.07) is 18.5. The number of rotatable bonds is 9. The smallest absolute Gasteiger partial charge is 0.296 e. The van der Waals surface area contributed by atoms with Gasteiger partial charge in [0.2, 0.25) is 0 Å². The fourth-order valence-corrected chi connectivity index (χ4v) is 5.56. The van der Waals surface area contributed by atoms with Crippen LogP contribution in [0.4, 0.5) is 22.9 Å². The molecule has 1 aliphatic carbocycles. The highest BCUT2D eigenvalue weighted by Gasteiger charge is 2.29. The number of methoxy groups -OCH3 is 1. The molecule has 0 bridgehead atoms. The van der Waals surface area contributed by atoms with E-state index in [1.54, 1.807) is 30.5 Å². The van der Waals surface area contributed by atoms with Gasteiger partial charge >= 0.3 is 0 Å². The third-order valence-corrected chi connectivity index (χ3v) is 8.30. The second kappa shape index (κ2) is 12.8. The molecule has 10 nitrogen and oxygen atoms in total. The van der Waals surface area contributed by atoms with Crippen LogP contribution >= 0.6 is 0 Å². The summed E-state index contributed by atoms with van der Waals surface area (Å²) in [5.74, 6) is -0.722. The van der Waals surface area contributed by atoms with Gasteiger partial charge in [0.15, 0.2) is 5.75 Å². The Labute approximate surface area is 268 Å². The van der Waals surface area contributed by atoms with Gasteiger partial charge in [-0.1, -0.05) is 45.0 Å². The van der Waals surface area contributed by atoms with Gasteiger partial charge in [0.1, 0.15) is 5.82 Å². The van der Waals surface area contributed by atoms with Gasteiger partial charge in [0, 0.05) is 53.7 Å². The Morgan fingerprint density at radius 2 is 1.65 bits per heavy atom. The van der Waals surface area contributed by atoms with Crippen molar-refractivity contribution in [1.29, 1.82) is 0 Å². The molecule has 3 aromatic carbocycles. The van der Waals surface area contributed by atoms with Crippen molar-refractivity contribution in [3.63, 3.8) is 0 Å². The summed E-state index contributed by atoms with van der Waals surface area (Å²) in [5.41, 5.74) is 2.99. The van der Waals surface area contributed by atoms with Crippen LogP contribution in [0.1, 0.15) is 59.9 Å². The topological polar surface area (TPSA) is 122 Å². The first-order chi connectivity index (χ1) is 22.1. The number of hydrogen-bond acceptors (Lipinski definition) is 8. The van der Waals surface area contributed by atoms with E-state index < -0.39 is 11.7 Å². The van der Waals surface area contributed by atoms with E-state index >= 15 is 0 Å². The zero-order valence-corrected chi connectivity index (χ0v) is 26.6. The average Bonchev–Trinajstić information content (AvgIpc) is 3.88. The number of Topliss-reactive ketones (excluding diaryl/α,β-unsaturated/α-hetero) is 1. The first kappa shape index (κ1) is 31.0. The SMILES string of the molecule is COc1c(NC(=O)C(=O)c2ccc(Nc3ccnc(N4CCOCC4)c3)c3ccccc23)cc(C(C)(C)C)cc1C(=O)NC1CC1. The Morgan fingerprint density at radius 1 is 0.913 bits per heavy atom. The van der Waals surface area contributed by atoms with Crippen molar-refractivity contribution in [3.8, 4) is 5.75 Å². The summed E-state index contributed by atoms with van der Waals surface area (Å²) >= 11 is 0. The molecule has 1 saturated heterocycles. The van der Waals surface area contributed by atoms with Crippen molar-refractivity contribution >= 4 is 51.3 Å². The summed E-state index contributed by atoms with van der Waals surface area (Å²) in [7, 11) is 1.45. The monoisotopic (exact) mass is 621 g/mol. The van der Waals surface area contributed by atoms with Gasteiger partial charge in [0.25, 0.3) is 17.6 Å². The van der Waals surface area contributed by atoms with Crippen LogP contribution in [-0.4, -0.2) is 62.0 Å². The summed E-state index contributed by atoms with van der Waals surface area (Å²) in [4.78, 5) is 47.2. The molecular formula is C36H39N5O5. The van der Waals surface area contributed by atoms with Gasteiger partial charge in [-0.3, -0.25) is 14.4 Å². The third-order valence-electron chi connectivity index (χ3n) is 8.30. The molecule has 2 amide bonds. The lowest BCUT2D eigenvalue weighted by Crippen LogP contribution is -2.36. The van der Waals surface area contributed by atoms with E-state index in [1.807, 2.05) is 57.2 Å². The molecule has 2 aliphatic rings. The molecule has 1 saturated carbocycles. The number of aromatic nitrogens is 1. The standard InChI is InChI=1S/C36H39N5O5/c1-36(2,3)22-19-28(34(43)39-23-9-10-23)33(45-4)30(20-22)40-35(44)32(42)27-11-12-29(26-8-6-5-7-25(26)27)38-24-13-14-37-31(21-24)41-15-17-46-18-16-41/h5-8,11-14,19-21,23H,9-10,15-18H2,1-4H3,(H,37,38)(H,39,43)(H,40,44). The van der Waals surface area contributed by atoms with Gasteiger partial charge in [0.05, 0.1) is 31.6 Å². The highest BCUT2D eigenvalue weighted by Crippen LogP contribution is 2.37. The van der Waals surface area contributed by atoms with Crippen molar-refractivity contribution in [3.05, 3.63) is 83.6 Å². The first-order valence-electron chi connectivity index (χ1n) is 15.6. The quantitative estimate of drug-likeness (QED) is 0.158. The van der Waals surface area contributed by atoms with Crippen LogP contribution in [0.5, 0.6) is 5.75 Å². The Kier molecular flexibility index (Phi) is 8.64. The number of hydrogen-bond donors (Lipinski definition) is 3. The maximum atomic E-state index is 13.7. The largest absolute Gasteiger partial charge is 0.494 e. The number of ketones is 1. The van der Waals surface area contributed by atoms with Gasteiger partial charge in [-0.25, -0.2) is 4.98 Å². The van der Waals surface area contributed by atoms with E-state index in [2.05, 4.69) is 25.8 Å². The number of benzene rings is 3.